The molecule has 2 aliphatic rings. The van der Waals surface area contributed by atoms with Crippen LogP contribution in [-0.4, -0.2) is 75.7 Å². The van der Waals surface area contributed by atoms with E-state index in [9.17, 15) is 4.79 Å². The molecule has 1 N–H and O–H groups in total. The molecule has 0 atom stereocenters. The maximum absolute atomic E-state index is 12.9. The lowest BCUT2D eigenvalue weighted by Gasteiger charge is -2.37. The van der Waals surface area contributed by atoms with Crippen LogP contribution in [0.25, 0.3) is 0 Å². The number of rotatable bonds is 5. The Morgan fingerprint density at radius 1 is 1.12 bits per heavy atom. The highest BCUT2D eigenvalue weighted by atomic mass is 16.5. The van der Waals surface area contributed by atoms with Gasteiger partial charge in [0.05, 0.1) is 19.8 Å². The normalized spacial score (nSPS) is 19.7. The predicted molar refractivity (Wildman–Crippen MR) is 97.5 cm³/mol. The molecule has 2 saturated heterocycles. The number of para-hydroxylation sites is 1. The van der Waals surface area contributed by atoms with Gasteiger partial charge in [-0.2, -0.15) is 0 Å². The first-order valence-electron chi connectivity index (χ1n) is 9.16. The number of piperidine rings is 1. The number of hydrogen-bond acceptors (Lipinski definition) is 5. The number of carbonyl (C=O) groups excluding carboxylic acids is 1. The predicted octanol–water partition coefficient (Wildman–Crippen LogP) is 1.46. The first-order chi connectivity index (χ1) is 12.2. The summed E-state index contributed by atoms with van der Waals surface area (Å²) >= 11 is 0. The molecule has 6 heteroatoms. The van der Waals surface area contributed by atoms with Crippen LogP contribution in [-0.2, 0) is 0 Å². The van der Waals surface area contributed by atoms with Crippen molar-refractivity contribution in [3.05, 3.63) is 23.8 Å². The molecule has 2 aliphatic heterocycles. The third kappa shape index (κ3) is 4.25. The van der Waals surface area contributed by atoms with E-state index < -0.39 is 0 Å². The molecule has 25 heavy (non-hydrogen) atoms. The number of piperazine rings is 1. The van der Waals surface area contributed by atoms with E-state index in [4.69, 9.17) is 9.47 Å². The average molecular weight is 347 g/mol. The van der Waals surface area contributed by atoms with Gasteiger partial charge < -0.3 is 19.7 Å². The zero-order chi connectivity index (χ0) is 17.6. The molecule has 138 valence electrons. The average Bonchev–Trinajstić information content (AvgIpc) is 2.68. The second-order valence-electron chi connectivity index (χ2n) is 6.83. The molecule has 3 rings (SSSR count). The fourth-order valence-electron chi connectivity index (χ4n) is 3.79. The Kier molecular flexibility index (Phi) is 6.15. The summed E-state index contributed by atoms with van der Waals surface area (Å²) in [5, 5.41) is 3.42. The van der Waals surface area contributed by atoms with Gasteiger partial charge in [-0.15, -0.1) is 0 Å². The van der Waals surface area contributed by atoms with Crippen LogP contribution in [0.4, 0.5) is 0 Å². The quantitative estimate of drug-likeness (QED) is 0.874. The summed E-state index contributed by atoms with van der Waals surface area (Å²) in [7, 11) is 3.16. The number of hydrogen-bond donors (Lipinski definition) is 1. The summed E-state index contributed by atoms with van der Waals surface area (Å²) < 4.78 is 10.7. The van der Waals surface area contributed by atoms with Gasteiger partial charge in [-0.3, -0.25) is 9.69 Å². The Bertz CT molecular complexity index is 579. The number of ether oxygens (including phenoxy) is 2. The number of nitrogens with one attached hydrogen (secondary N) is 1. The molecule has 0 aliphatic carbocycles. The number of amides is 1. The maximum atomic E-state index is 12.9. The van der Waals surface area contributed by atoms with Crippen molar-refractivity contribution in [1.82, 2.24) is 15.1 Å². The molecule has 1 amide bonds. The van der Waals surface area contributed by atoms with E-state index >= 15 is 0 Å². The van der Waals surface area contributed by atoms with Crippen molar-refractivity contribution < 1.29 is 14.3 Å². The van der Waals surface area contributed by atoms with E-state index in [1.54, 1.807) is 14.2 Å². The number of carbonyl (C=O) groups is 1. The van der Waals surface area contributed by atoms with Crippen molar-refractivity contribution in [2.45, 2.75) is 12.8 Å². The lowest BCUT2D eigenvalue weighted by atomic mass is 9.97. The third-order valence-corrected chi connectivity index (χ3v) is 5.27. The van der Waals surface area contributed by atoms with Crippen molar-refractivity contribution in [3.8, 4) is 11.5 Å². The standard InChI is InChI=1S/C19H29N3O3/c1-24-17-5-3-4-16(18(17)25-2)19(23)22-12-10-21(11-13-22)14-15-6-8-20-9-7-15/h3-5,15,20H,6-14H2,1-2H3. The highest BCUT2D eigenvalue weighted by molar-refractivity contribution is 5.97. The van der Waals surface area contributed by atoms with Crippen molar-refractivity contribution in [2.24, 2.45) is 5.92 Å². The van der Waals surface area contributed by atoms with Crippen molar-refractivity contribution in [2.75, 3.05) is 60.0 Å². The Morgan fingerprint density at radius 2 is 1.84 bits per heavy atom. The Hall–Kier alpha value is -1.79. The summed E-state index contributed by atoms with van der Waals surface area (Å²) in [5.74, 6) is 1.93. The molecule has 6 nitrogen and oxygen atoms in total. The topological polar surface area (TPSA) is 54.0 Å². The summed E-state index contributed by atoms with van der Waals surface area (Å²) in [6, 6.07) is 5.46. The molecule has 0 bridgehead atoms. The molecule has 0 aromatic heterocycles. The number of nitrogens with zero attached hydrogens (tertiary/aromatic N) is 2. The highest BCUT2D eigenvalue weighted by Crippen LogP contribution is 2.31. The zero-order valence-corrected chi connectivity index (χ0v) is 15.3. The van der Waals surface area contributed by atoms with E-state index in [-0.39, 0.29) is 5.91 Å². The van der Waals surface area contributed by atoms with Crippen LogP contribution >= 0.6 is 0 Å². The van der Waals surface area contributed by atoms with E-state index in [0.29, 0.717) is 17.1 Å². The van der Waals surface area contributed by atoms with Gasteiger partial charge >= 0.3 is 0 Å². The fraction of sp³-hybridized carbons (Fsp3) is 0.632. The van der Waals surface area contributed by atoms with Gasteiger partial charge in [0.1, 0.15) is 0 Å². The van der Waals surface area contributed by atoms with Crippen molar-refractivity contribution >= 4 is 5.91 Å². The van der Waals surface area contributed by atoms with E-state index in [1.807, 2.05) is 23.1 Å². The van der Waals surface area contributed by atoms with Gasteiger partial charge in [-0.25, -0.2) is 0 Å². The lowest BCUT2D eigenvalue weighted by Crippen LogP contribution is -2.50. The summed E-state index contributed by atoms with van der Waals surface area (Å²) in [4.78, 5) is 17.3. The van der Waals surface area contributed by atoms with E-state index in [2.05, 4.69) is 10.2 Å². The Morgan fingerprint density at radius 3 is 2.48 bits per heavy atom. The maximum Gasteiger partial charge on any atom is 0.257 e. The van der Waals surface area contributed by atoms with Crippen LogP contribution in [0.1, 0.15) is 23.2 Å². The van der Waals surface area contributed by atoms with Crippen molar-refractivity contribution in [1.29, 1.82) is 0 Å². The fourth-order valence-corrected chi connectivity index (χ4v) is 3.79. The van der Waals surface area contributed by atoms with Gasteiger partial charge in [0, 0.05) is 32.7 Å². The SMILES string of the molecule is COc1cccc(C(=O)N2CCN(CC3CCNCC3)CC2)c1OC. The molecular formula is C19H29N3O3. The molecular weight excluding hydrogens is 318 g/mol. The van der Waals surface area contributed by atoms with Crippen LogP contribution in [0.15, 0.2) is 18.2 Å². The Balaban J connectivity index is 1.58. The molecule has 0 saturated carbocycles. The lowest BCUT2D eigenvalue weighted by molar-refractivity contribution is 0.0605. The van der Waals surface area contributed by atoms with E-state index in [0.717, 1.165) is 51.7 Å². The van der Waals surface area contributed by atoms with Crippen LogP contribution in [0, 0.1) is 5.92 Å². The summed E-state index contributed by atoms with van der Waals surface area (Å²) in [6.07, 6.45) is 2.53. The molecule has 0 unspecified atom stereocenters. The molecule has 2 fully saturated rings. The van der Waals surface area contributed by atoms with Crippen LogP contribution < -0.4 is 14.8 Å². The largest absolute Gasteiger partial charge is 0.493 e. The van der Waals surface area contributed by atoms with Gasteiger partial charge in [-0.1, -0.05) is 6.07 Å². The first kappa shape index (κ1) is 18.0. The minimum atomic E-state index is 0.0252. The number of benzene rings is 1. The Labute approximate surface area is 150 Å². The summed E-state index contributed by atoms with van der Waals surface area (Å²) in [5.41, 5.74) is 0.577. The van der Waals surface area contributed by atoms with Crippen LogP contribution in [0.5, 0.6) is 11.5 Å². The second kappa shape index (κ2) is 8.54. The molecule has 0 radical (unpaired) electrons. The van der Waals surface area contributed by atoms with Crippen LogP contribution in [0.2, 0.25) is 0 Å². The molecule has 1 aromatic carbocycles. The van der Waals surface area contributed by atoms with Gasteiger partial charge in [0.25, 0.3) is 5.91 Å². The van der Waals surface area contributed by atoms with Gasteiger partial charge in [0.15, 0.2) is 11.5 Å². The molecule has 2 heterocycles. The van der Waals surface area contributed by atoms with Gasteiger partial charge in [-0.05, 0) is 44.0 Å². The van der Waals surface area contributed by atoms with Gasteiger partial charge in [0.2, 0.25) is 0 Å². The van der Waals surface area contributed by atoms with Crippen LogP contribution in [0.3, 0.4) is 0 Å². The number of methoxy groups -OCH3 is 2. The minimum Gasteiger partial charge on any atom is -0.493 e. The molecule has 0 spiro atoms. The van der Waals surface area contributed by atoms with E-state index in [1.165, 1.54) is 12.8 Å². The minimum absolute atomic E-state index is 0.0252. The monoisotopic (exact) mass is 347 g/mol. The zero-order valence-electron chi connectivity index (χ0n) is 15.3. The highest BCUT2D eigenvalue weighted by Gasteiger charge is 2.26. The van der Waals surface area contributed by atoms with Crippen molar-refractivity contribution in [3.63, 3.8) is 0 Å². The second-order valence-corrected chi connectivity index (χ2v) is 6.83. The third-order valence-electron chi connectivity index (χ3n) is 5.27. The molecule has 1 aromatic rings. The summed E-state index contributed by atoms with van der Waals surface area (Å²) in [6.45, 7) is 6.86. The smallest absolute Gasteiger partial charge is 0.257 e. The first-order valence-corrected chi connectivity index (χ1v) is 9.16.